The lowest BCUT2D eigenvalue weighted by Gasteiger charge is -2.43. The highest BCUT2D eigenvalue weighted by Crippen LogP contribution is 2.41. The molecule has 1 saturated heterocycles. The van der Waals surface area contributed by atoms with Crippen LogP contribution in [0.15, 0.2) is 18.2 Å². The lowest BCUT2D eigenvalue weighted by atomic mass is 9.85. The summed E-state index contributed by atoms with van der Waals surface area (Å²) in [7, 11) is 0. The van der Waals surface area contributed by atoms with Crippen molar-refractivity contribution in [1.29, 1.82) is 0 Å². The van der Waals surface area contributed by atoms with Gasteiger partial charge in [-0.1, -0.05) is 24.4 Å². The highest BCUT2D eigenvalue weighted by atomic mass is 35.5. The van der Waals surface area contributed by atoms with Crippen molar-refractivity contribution in [2.75, 3.05) is 13.1 Å². The smallest absolute Gasteiger partial charge is 0.123 e. The average molecular weight is 312 g/mol. The van der Waals surface area contributed by atoms with Crippen LogP contribution in [0.25, 0.3) is 0 Å². The Morgan fingerprint density at radius 3 is 2.52 bits per heavy atom. The molecule has 3 rings (SSSR count). The molecule has 1 aliphatic heterocycles. The van der Waals surface area contributed by atoms with Crippen LogP contribution in [0.1, 0.15) is 44.1 Å². The summed E-state index contributed by atoms with van der Waals surface area (Å²) in [5, 5.41) is 11.5. The minimum absolute atomic E-state index is 0.119. The van der Waals surface area contributed by atoms with Gasteiger partial charge in [-0.2, -0.15) is 0 Å². The van der Waals surface area contributed by atoms with Crippen LogP contribution in [0, 0.1) is 5.82 Å². The second kappa shape index (κ2) is 6.23. The first-order chi connectivity index (χ1) is 10.1. The van der Waals surface area contributed by atoms with Crippen LogP contribution in [0.5, 0.6) is 0 Å². The molecular formula is C17H23ClFNO. The fourth-order valence-corrected chi connectivity index (χ4v) is 4.30. The zero-order chi connectivity index (χ0) is 14.9. The number of benzene rings is 1. The Morgan fingerprint density at radius 1 is 1.19 bits per heavy atom. The summed E-state index contributed by atoms with van der Waals surface area (Å²) in [4.78, 5) is 2.47. The van der Waals surface area contributed by atoms with Gasteiger partial charge in [0.05, 0.1) is 6.10 Å². The molecule has 21 heavy (non-hydrogen) atoms. The van der Waals surface area contributed by atoms with E-state index in [1.165, 1.54) is 37.8 Å². The fourth-order valence-electron chi connectivity index (χ4n) is 4.11. The summed E-state index contributed by atoms with van der Waals surface area (Å²) in [6.07, 6.45) is 6.83. The summed E-state index contributed by atoms with van der Waals surface area (Å²) in [5.41, 5.74) is 0.598. The third kappa shape index (κ3) is 2.96. The SMILES string of the molecule is OC(Cc1cc(F)ccc1Cl)C1(N2CCCC2)CCCC1. The molecule has 0 amide bonds. The van der Waals surface area contributed by atoms with Gasteiger partial charge in [0.1, 0.15) is 5.82 Å². The Labute approximate surface area is 130 Å². The van der Waals surface area contributed by atoms with E-state index in [2.05, 4.69) is 4.90 Å². The largest absolute Gasteiger partial charge is 0.391 e. The summed E-state index contributed by atoms with van der Waals surface area (Å²) in [6.45, 7) is 2.15. The number of aliphatic hydroxyl groups excluding tert-OH is 1. The first kappa shape index (κ1) is 15.3. The number of aliphatic hydroxyl groups is 1. The number of hydrogen-bond acceptors (Lipinski definition) is 2. The lowest BCUT2D eigenvalue weighted by molar-refractivity contribution is -0.0172. The van der Waals surface area contributed by atoms with Gasteiger partial charge in [0.25, 0.3) is 0 Å². The topological polar surface area (TPSA) is 23.5 Å². The molecule has 2 fully saturated rings. The Morgan fingerprint density at radius 2 is 1.86 bits per heavy atom. The quantitative estimate of drug-likeness (QED) is 0.914. The van der Waals surface area contributed by atoms with E-state index >= 15 is 0 Å². The molecule has 0 radical (unpaired) electrons. The molecule has 0 bridgehead atoms. The van der Waals surface area contributed by atoms with Crippen molar-refractivity contribution < 1.29 is 9.50 Å². The minimum atomic E-state index is -0.475. The van der Waals surface area contributed by atoms with E-state index in [9.17, 15) is 9.50 Å². The van der Waals surface area contributed by atoms with Crippen molar-refractivity contribution in [3.05, 3.63) is 34.6 Å². The van der Waals surface area contributed by atoms with Gasteiger partial charge >= 0.3 is 0 Å². The molecule has 1 aliphatic carbocycles. The predicted octanol–water partition coefficient (Wildman–Crippen LogP) is 3.79. The molecule has 1 atom stereocenters. The van der Waals surface area contributed by atoms with E-state index in [1.54, 1.807) is 6.07 Å². The number of rotatable bonds is 4. The Hall–Kier alpha value is -0.640. The molecule has 1 heterocycles. The fraction of sp³-hybridized carbons (Fsp3) is 0.647. The van der Waals surface area contributed by atoms with Crippen LogP contribution in [-0.4, -0.2) is 34.7 Å². The number of halogens is 2. The average Bonchev–Trinajstić information content (AvgIpc) is 3.13. The van der Waals surface area contributed by atoms with Crippen molar-refractivity contribution in [2.45, 2.75) is 56.6 Å². The molecule has 116 valence electrons. The Balaban J connectivity index is 1.81. The van der Waals surface area contributed by atoms with Gasteiger partial charge in [0.2, 0.25) is 0 Å². The molecule has 1 aromatic rings. The third-order valence-corrected chi connectivity index (χ3v) is 5.62. The molecule has 1 unspecified atom stereocenters. The number of nitrogens with zero attached hydrogens (tertiary/aromatic N) is 1. The van der Waals surface area contributed by atoms with E-state index < -0.39 is 6.10 Å². The van der Waals surface area contributed by atoms with E-state index in [-0.39, 0.29) is 11.4 Å². The standard InChI is InChI=1S/C17H23ClFNO/c18-15-6-5-14(19)11-13(15)12-16(21)17(7-1-2-8-17)20-9-3-4-10-20/h5-6,11,16,21H,1-4,7-10,12H2. The van der Waals surface area contributed by atoms with Gasteiger partial charge in [-0.05, 0) is 62.5 Å². The molecule has 4 heteroatoms. The Kier molecular flexibility index (Phi) is 4.53. The van der Waals surface area contributed by atoms with E-state index in [0.29, 0.717) is 11.4 Å². The van der Waals surface area contributed by atoms with Crippen LogP contribution in [-0.2, 0) is 6.42 Å². The normalized spacial score (nSPS) is 23.6. The van der Waals surface area contributed by atoms with Gasteiger partial charge in [-0.15, -0.1) is 0 Å². The summed E-state index contributed by atoms with van der Waals surface area (Å²) < 4.78 is 13.4. The maximum Gasteiger partial charge on any atom is 0.123 e. The second-order valence-corrected chi connectivity index (χ2v) is 6.87. The summed E-state index contributed by atoms with van der Waals surface area (Å²) >= 11 is 6.16. The first-order valence-corrected chi connectivity index (χ1v) is 8.37. The molecule has 0 aromatic heterocycles. The highest BCUT2D eigenvalue weighted by molar-refractivity contribution is 6.31. The maximum atomic E-state index is 13.4. The summed E-state index contributed by atoms with van der Waals surface area (Å²) in [5.74, 6) is -0.289. The molecule has 1 saturated carbocycles. The molecule has 1 N–H and O–H groups in total. The lowest BCUT2D eigenvalue weighted by Crippen LogP contribution is -2.54. The first-order valence-electron chi connectivity index (χ1n) is 7.99. The van der Waals surface area contributed by atoms with Gasteiger partial charge in [0.15, 0.2) is 0 Å². The van der Waals surface area contributed by atoms with E-state index in [1.807, 2.05) is 0 Å². The summed E-state index contributed by atoms with van der Waals surface area (Å²) in [6, 6.07) is 4.40. The molecule has 2 aliphatic rings. The van der Waals surface area contributed by atoms with Crippen molar-refractivity contribution in [2.24, 2.45) is 0 Å². The van der Waals surface area contributed by atoms with Crippen molar-refractivity contribution in [1.82, 2.24) is 4.90 Å². The molecule has 0 spiro atoms. The number of hydrogen-bond donors (Lipinski definition) is 1. The van der Waals surface area contributed by atoms with Crippen LogP contribution in [0.3, 0.4) is 0 Å². The van der Waals surface area contributed by atoms with Crippen LogP contribution in [0.4, 0.5) is 4.39 Å². The van der Waals surface area contributed by atoms with Crippen LogP contribution < -0.4 is 0 Å². The van der Waals surface area contributed by atoms with Crippen molar-refractivity contribution >= 4 is 11.6 Å². The van der Waals surface area contributed by atoms with E-state index in [4.69, 9.17) is 11.6 Å². The zero-order valence-electron chi connectivity index (χ0n) is 12.3. The van der Waals surface area contributed by atoms with Crippen molar-refractivity contribution in [3.63, 3.8) is 0 Å². The zero-order valence-corrected chi connectivity index (χ0v) is 13.1. The molecule has 1 aromatic carbocycles. The Bertz CT molecular complexity index is 496. The predicted molar refractivity (Wildman–Crippen MR) is 83.1 cm³/mol. The van der Waals surface area contributed by atoms with Gasteiger partial charge < -0.3 is 5.11 Å². The third-order valence-electron chi connectivity index (χ3n) is 5.25. The maximum absolute atomic E-state index is 13.4. The molecule has 2 nitrogen and oxygen atoms in total. The number of likely N-dealkylation sites (tertiary alicyclic amines) is 1. The van der Waals surface area contributed by atoms with Crippen molar-refractivity contribution in [3.8, 4) is 0 Å². The molecular weight excluding hydrogens is 289 g/mol. The highest BCUT2D eigenvalue weighted by Gasteiger charge is 2.46. The van der Waals surface area contributed by atoms with Gasteiger partial charge in [-0.3, -0.25) is 4.90 Å². The van der Waals surface area contributed by atoms with Gasteiger partial charge in [0, 0.05) is 17.0 Å². The van der Waals surface area contributed by atoms with Crippen LogP contribution >= 0.6 is 11.6 Å². The monoisotopic (exact) mass is 311 g/mol. The minimum Gasteiger partial charge on any atom is -0.391 e. The van der Waals surface area contributed by atoms with Gasteiger partial charge in [-0.25, -0.2) is 4.39 Å². The van der Waals surface area contributed by atoms with Crippen LogP contribution in [0.2, 0.25) is 5.02 Å². The second-order valence-electron chi connectivity index (χ2n) is 6.46. The van der Waals surface area contributed by atoms with E-state index in [0.717, 1.165) is 31.5 Å².